The van der Waals surface area contributed by atoms with Crippen LogP contribution >= 0.6 is 34.8 Å². The summed E-state index contributed by atoms with van der Waals surface area (Å²) in [5, 5.41) is 14.6. The molecule has 4 aromatic rings. The summed E-state index contributed by atoms with van der Waals surface area (Å²) in [5.74, 6) is -0.350. The van der Waals surface area contributed by atoms with E-state index in [2.05, 4.69) is 17.1 Å². The number of halogens is 3. The number of hydrogen-bond donors (Lipinski definition) is 1. The molecule has 38 heavy (non-hydrogen) atoms. The zero-order valence-corrected chi connectivity index (χ0v) is 22.0. The van der Waals surface area contributed by atoms with Gasteiger partial charge in [0.1, 0.15) is 18.5 Å². The lowest BCUT2D eigenvalue weighted by Crippen LogP contribution is -2.34. The molecule has 0 saturated carbocycles. The maximum atomic E-state index is 8.36. The summed E-state index contributed by atoms with van der Waals surface area (Å²) in [6.07, 6.45) is 4.94. The standard InChI is InChI=1S/C26H21Cl3N2O3.HNO3/c27-23-12-20(13-24(28)25(23)29)26(16-31-11-10-30-17-31)33-15-22(34-26)14-32-21-8-6-19(7-9-21)18-4-2-1-3-5-18;2-1(3)4/h1-13,17,22H,14-16H2;(H,2,3,4). The van der Waals surface area contributed by atoms with Gasteiger partial charge >= 0.3 is 0 Å². The van der Waals surface area contributed by atoms with Gasteiger partial charge in [0.2, 0.25) is 5.79 Å². The fourth-order valence-electron chi connectivity index (χ4n) is 3.93. The minimum absolute atomic E-state index is 0.293. The van der Waals surface area contributed by atoms with Gasteiger partial charge in [-0.2, -0.15) is 0 Å². The van der Waals surface area contributed by atoms with E-state index in [-0.39, 0.29) is 6.10 Å². The minimum atomic E-state index is -1.50. The first-order valence-corrected chi connectivity index (χ1v) is 12.4. The average molecular weight is 579 g/mol. The Hall–Kier alpha value is -3.34. The predicted molar refractivity (Wildman–Crippen MR) is 142 cm³/mol. The lowest BCUT2D eigenvalue weighted by atomic mass is 10.1. The van der Waals surface area contributed by atoms with Crippen LogP contribution in [-0.4, -0.2) is 39.2 Å². The van der Waals surface area contributed by atoms with Crippen LogP contribution in [0.15, 0.2) is 85.5 Å². The second kappa shape index (κ2) is 12.5. The number of nitrogens with zero attached hydrogens (tertiary/aromatic N) is 3. The summed E-state index contributed by atoms with van der Waals surface area (Å²) >= 11 is 18.8. The highest BCUT2D eigenvalue weighted by Crippen LogP contribution is 2.41. The summed E-state index contributed by atoms with van der Waals surface area (Å²) < 4.78 is 20.5. The van der Waals surface area contributed by atoms with Crippen molar-refractivity contribution >= 4 is 34.8 Å². The van der Waals surface area contributed by atoms with Crippen LogP contribution in [0.25, 0.3) is 11.1 Å². The summed E-state index contributed by atoms with van der Waals surface area (Å²) in [6, 6.07) is 21.6. The fraction of sp³-hybridized carbons (Fsp3) is 0.192. The molecule has 2 atom stereocenters. The molecule has 2 heterocycles. The van der Waals surface area contributed by atoms with Crippen molar-refractivity contribution < 1.29 is 24.5 Å². The number of hydrogen-bond acceptors (Lipinski definition) is 6. The maximum Gasteiger partial charge on any atom is 0.291 e. The molecule has 0 amide bonds. The number of rotatable bonds is 7. The molecule has 1 N–H and O–H groups in total. The zero-order chi connectivity index (χ0) is 27.1. The van der Waals surface area contributed by atoms with Crippen molar-refractivity contribution in [2.45, 2.75) is 18.4 Å². The van der Waals surface area contributed by atoms with Crippen LogP contribution in [0.1, 0.15) is 5.56 Å². The Bertz CT molecular complexity index is 1330. The van der Waals surface area contributed by atoms with Crippen molar-refractivity contribution in [2.75, 3.05) is 13.2 Å². The third-order valence-electron chi connectivity index (χ3n) is 5.63. The monoisotopic (exact) mass is 577 g/mol. The smallest absolute Gasteiger partial charge is 0.291 e. The molecule has 1 fully saturated rings. The average Bonchev–Trinajstić information content (AvgIpc) is 3.57. The first-order chi connectivity index (χ1) is 18.3. The minimum Gasteiger partial charge on any atom is -0.491 e. The van der Waals surface area contributed by atoms with E-state index in [1.165, 1.54) is 0 Å². The predicted octanol–water partition coefficient (Wildman–Crippen LogP) is 6.51. The molecular weight excluding hydrogens is 557 g/mol. The molecule has 9 nitrogen and oxygen atoms in total. The number of imidazole rings is 1. The second-order valence-electron chi connectivity index (χ2n) is 8.23. The van der Waals surface area contributed by atoms with Gasteiger partial charge in [0.15, 0.2) is 0 Å². The van der Waals surface area contributed by atoms with E-state index in [1.807, 2.05) is 53.2 Å². The maximum absolute atomic E-state index is 8.36. The van der Waals surface area contributed by atoms with Crippen LogP contribution < -0.4 is 4.74 Å². The molecule has 0 spiro atoms. The van der Waals surface area contributed by atoms with Crippen LogP contribution in [0.4, 0.5) is 0 Å². The van der Waals surface area contributed by atoms with E-state index in [4.69, 9.17) is 64.3 Å². The van der Waals surface area contributed by atoms with E-state index in [9.17, 15) is 0 Å². The van der Waals surface area contributed by atoms with Crippen molar-refractivity contribution in [1.29, 1.82) is 0 Å². The normalized spacial score (nSPS) is 18.4. The third-order valence-corrected chi connectivity index (χ3v) is 6.83. The topological polar surface area (TPSA) is 109 Å². The Balaban J connectivity index is 0.000000786. The fourth-order valence-corrected chi connectivity index (χ4v) is 4.53. The molecule has 0 aliphatic carbocycles. The number of benzene rings is 3. The molecule has 5 rings (SSSR count). The molecular formula is C26H22Cl3N3O6. The highest BCUT2D eigenvalue weighted by atomic mass is 35.5. The Morgan fingerprint density at radius 2 is 1.71 bits per heavy atom. The quantitative estimate of drug-likeness (QED) is 0.151. The van der Waals surface area contributed by atoms with Crippen LogP contribution in [0, 0.1) is 10.1 Å². The van der Waals surface area contributed by atoms with E-state index < -0.39 is 10.9 Å². The zero-order valence-electron chi connectivity index (χ0n) is 19.7. The largest absolute Gasteiger partial charge is 0.491 e. The SMILES string of the molecule is Clc1cc(C2(Cn3ccnc3)OCC(COc3ccc(-c4ccccc4)cc3)O2)cc(Cl)c1Cl.O=[N+]([O-])O. The van der Waals surface area contributed by atoms with Gasteiger partial charge in [-0.25, -0.2) is 4.98 Å². The van der Waals surface area contributed by atoms with E-state index >= 15 is 0 Å². The summed E-state index contributed by atoms with van der Waals surface area (Å²) in [4.78, 5) is 12.5. The Morgan fingerprint density at radius 3 is 2.32 bits per heavy atom. The molecule has 0 bridgehead atoms. The van der Waals surface area contributed by atoms with Crippen LogP contribution in [0.3, 0.4) is 0 Å². The summed E-state index contributed by atoms with van der Waals surface area (Å²) in [7, 11) is 0. The molecule has 1 aliphatic rings. The van der Waals surface area contributed by atoms with Crippen LogP contribution in [-0.2, 0) is 21.8 Å². The first kappa shape index (κ1) is 27.7. The molecule has 12 heteroatoms. The second-order valence-corrected chi connectivity index (χ2v) is 9.42. The molecule has 198 valence electrons. The van der Waals surface area contributed by atoms with Gasteiger partial charge in [0.05, 0.1) is 34.5 Å². The van der Waals surface area contributed by atoms with Gasteiger partial charge < -0.3 is 24.0 Å². The summed E-state index contributed by atoms with van der Waals surface area (Å²) in [5.41, 5.74) is 2.96. The summed E-state index contributed by atoms with van der Waals surface area (Å²) in [6.45, 7) is 1.03. The lowest BCUT2D eigenvalue weighted by Gasteiger charge is -2.29. The lowest BCUT2D eigenvalue weighted by molar-refractivity contribution is -0.742. The van der Waals surface area contributed by atoms with Crippen LogP contribution in [0.5, 0.6) is 5.75 Å². The Kier molecular flexibility index (Phi) is 9.09. The van der Waals surface area contributed by atoms with Crippen molar-refractivity contribution in [2.24, 2.45) is 0 Å². The van der Waals surface area contributed by atoms with Crippen molar-refractivity contribution in [3.63, 3.8) is 0 Å². The van der Waals surface area contributed by atoms with E-state index in [1.54, 1.807) is 24.7 Å². The highest BCUT2D eigenvalue weighted by molar-refractivity contribution is 6.48. The first-order valence-electron chi connectivity index (χ1n) is 11.3. The molecule has 1 saturated heterocycles. The number of ether oxygens (including phenoxy) is 3. The van der Waals surface area contributed by atoms with Gasteiger partial charge in [-0.1, -0.05) is 77.3 Å². The van der Waals surface area contributed by atoms with Gasteiger partial charge in [0.25, 0.3) is 5.09 Å². The molecule has 2 unspecified atom stereocenters. The van der Waals surface area contributed by atoms with Gasteiger partial charge in [-0.3, -0.25) is 0 Å². The van der Waals surface area contributed by atoms with E-state index in [0.29, 0.717) is 40.4 Å². The molecule has 3 aromatic carbocycles. The number of aromatic nitrogens is 2. The van der Waals surface area contributed by atoms with E-state index in [0.717, 1.165) is 16.9 Å². The molecule has 0 radical (unpaired) electrons. The third kappa shape index (κ3) is 6.94. The highest BCUT2D eigenvalue weighted by Gasteiger charge is 2.44. The van der Waals surface area contributed by atoms with Gasteiger partial charge in [0, 0.05) is 18.0 Å². The van der Waals surface area contributed by atoms with Gasteiger partial charge in [-0.15, -0.1) is 10.1 Å². The van der Waals surface area contributed by atoms with Crippen molar-refractivity contribution in [3.8, 4) is 16.9 Å². The molecule has 1 aliphatic heterocycles. The van der Waals surface area contributed by atoms with Crippen molar-refractivity contribution in [3.05, 3.63) is 116 Å². The molecule has 1 aromatic heterocycles. The Morgan fingerprint density at radius 1 is 1.08 bits per heavy atom. The van der Waals surface area contributed by atoms with Crippen molar-refractivity contribution in [1.82, 2.24) is 9.55 Å². The Labute approximate surface area is 233 Å². The van der Waals surface area contributed by atoms with Gasteiger partial charge in [-0.05, 0) is 35.4 Å². The van der Waals surface area contributed by atoms with Crippen LogP contribution in [0.2, 0.25) is 15.1 Å².